The molecule has 258 valence electrons. The molecule has 7 aromatic carbocycles. The summed E-state index contributed by atoms with van der Waals surface area (Å²) in [5.41, 5.74) is 11.0. The number of benzene rings is 7. The molecule has 0 aliphatic heterocycles. The number of hydrogen-bond donors (Lipinski definition) is 0. The van der Waals surface area contributed by atoms with Crippen molar-refractivity contribution in [3.63, 3.8) is 0 Å². The van der Waals surface area contributed by atoms with E-state index in [1.165, 1.54) is 0 Å². The SMILES string of the molecule is c1ccc(-c2cccc(-c3nc(-c4ccccc4)nc(-c4cccc5oc6ccc(-c7nc(-c8ccccc8)cc(-c8ccccc8)n7)cc6c45)n3)c2)cc1. The normalized spacial score (nSPS) is 11.3. The quantitative estimate of drug-likeness (QED) is 0.164. The molecule has 0 saturated carbocycles. The number of nitrogens with zero attached hydrogens (tertiary/aromatic N) is 5. The number of hydrogen-bond acceptors (Lipinski definition) is 6. The van der Waals surface area contributed by atoms with Gasteiger partial charge in [-0.05, 0) is 47.5 Å². The molecule has 3 heterocycles. The summed E-state index contributed by atoms with van der Waals surface area (Å²) in [6.45, 7) is 0. The van der Waals surface area contributed by atoms with Crippen LogP contribution in [0.1, 0.15) is 0 Å². The van der Waals surface area contributed by atoms with Crippen LogP contribution in [-0.4, -0.2) is 24.9 Å². The Morgan fingerprint density at radius 2 is 0.782 bits per heavy atom. The van der Waals surface area contributed by atoms with E-state index in [1.807, 2.05) is 121 Å². The minimum atomic E-state index is 0.557. The summed E-state index contributed by atoms with van der Waals surface area (Å²) in [6.07, 6.45) is 0. The van der Waals surface area contributed by atoms with E-state index in [0.717, 1.165) is 77.8 Å². The lowest BCUT2D eigenvalue weighted by atomic mass is 10.0. The molecular formula is C49H31N5O. The molecule has 55 heavy (non-hydrogen) atoms. The molecule has 0 saturated heterocycles. The van der Waals surface area contributed by atoms with Crippen molar-refractivity contribution in [3.8, 4) is 79.2 Å². The molecule has 0 N–H and O–H groups in total. The van der Waals surface area contributed by atoms with Crippen LogP contribution in [0.4, 0.5) is 0 Å². The Morgan fingerprint density at radius 1 is 0.291 bits per heavy atom. The van der Waals surface area contributed by atoms with Crippen LogP contribution < -0.4 is 0 Å². The Balaban J connectivity index is 1.15. The van der Waals surface area contributed by atoms with Crippen LogP contribution >= 0.6 is 0 Å². The van der Waals surface area contributed by atoms with Crippen molar-refractivity contribution in [3.05, 3.63) is 188 Å². The molecule has 0 unspecified atom stereocenters. The average Bonchev–Trinajstić information content (AvgIpc) is 3.66. The van der Waals surface area contributed by atoms with Gasteiger partial charge in [0.15, 0.2) is 23.3 Å². The van der Waals surface area contributed by atoms with E-state index in [9.17, 15) is 0 Å². The summed E-state index contributed by atoms with van der Waals surface area (Å²) < 4.78 is 6.47. The van der Waals surface area contributed by atoms with Crippen molar-refractivity contribution in [2.45, 2.75) is 0 Å². The van der Waals surface area contributed by atoms with Crippen molar-refractivity contribution in [2.24, 2.45) is 0 Å². The number of furan rings is 1. The zero-order valence-electron chi connectivity index (χ0n) is 29.5. The van der Waals surface area contributed by atoms with Gasteiger partial charge in [0.2, 0.25) is 0 Å². The second-order valence-electron chi connectivity index (χ2n) is 13.3. The minimum absolute atomic E-state index is 0.557. The zero-order chi connectivity index (χ0) is 36.6. The monoisotopic (exact) mass is 705 g/mol. The summed E-state index contributed by atoms with van der Waals surface area (Å²) in [5, 5.41) is 1.84. The van der Waals surface area contributed by atoms with Gasteiger partial charge in [-0.15, -0.1) is 0 Å². The fraction of sp³-hybridized carbons (Fsp3) is 0. The standard InChI is InChI=1S/C49H31N5O/c1-5-15-32(16-6-1)36-23-13-24-37(29-36)48-52-46(35-21-11-4-12-22-35)53-49(54-48)39-25-14-26-44-45(39)40-30-38(27-28-43(40)55-44)47-50-41(33-17-7-2-8-18-33)31-42(51-47)34-19-9-3-10-20-34/h1-31H. The van der Waals surface area contributed by atoms with E-state index in [-0.39, 0.29) is 0 Å². The first kappa shape index (κ1) is 32.1. The molecule has 0 bridgehead atoms. The van der Waals surface area contributed by atoms with Crippen molar-refractivity contribution in [1.82, 2.24) is 24.9 Å². The largest absolute Gasteiger partial charge is 0.456 e. The number of fused-ring (bicyclic) bond motifs is 3. The predicted molar refractivity (Wildman–Crippen MR) is 221 cm³/mol. The van der Waals surface area contributed by atoms with Gasteiger partial charge >= 0.3 is 0 Å². The van der Waals surface area contributed by atoms with Crippen LogP contribution in [0.3, 0.4) is 0 Å². The molecule has 6 nitrogen and oxygen atoms in total. The highest BCUT2D eigenvalue weighted by molar-refractivity contribution is 6.12. The van der Waals surface area contributed by atoms with Gasteiger partial charge in [0, 0.05) is 44.2 Å². The molecule has 0 radical (unpaired) electrons. The lowest BCUT2D eigenvalue weighted by molar-refractivity contribution is 0.669. The van der Waals surface area contributed by atoms with Crippen LogP contribution in [0, 0.1) is 0 Å². The highest BCUT2D eigenvalue weighted by Gasteiger charge is 2.19. The molecule has 0 atom stereocenters. The van der Waals surface area contributed by atoms with E-state index >= 15 is 0 Å². The molecule has 0 aliphatic rings. The summed E-state index contributed by atoms with van der Waals surface area (Å²) >= 11 is 0. The third kappa shape index (κ3) is 6.22. The van der Waals surface area contributed by atoms with Gasteiger partial charge in [-0.3, -0.25) is 0 Å². The van der Waals surface area contributed by atoms with Gasteiger partial charge in [0.05, 0.1) is 11.4 Å². The maximum Gasteiger partial charge on any atom is 0.164 e. The first-order chi connectivity index (χ1) is 27.2. The van der Waals surface area contributed by atoms with Crippen molar-refractivity contribution >= 4 is 21.9 Å². The Morgan fingerprint density at radius 3 is 1.44 bits per heavy atom. The molecule has 6 heteroatoms. The molecule has 0 spiro atoms. The maximum absolute atomic E-state index is 6.47. The minimum Gasteiger partial charge on any atom is -0.456 e. The first-order valence-corrected chi connectivity index (χ1v) is 18.2. The average molecular weight is 706 g/mol. The van der Waals surface area contributed by atoms with Crippen LogP contribution in [0.15, 0.2) is 192 Å². The highest BCUT2D eigenvalue weighted by Crippen LogP contribution is 2.39. The van der Waals surface area contributed by atoms with E-state index in [1.54, 1.807) is 0 Å². The van der Waals surface area contributed by atoms with Crippen molar-refractivity contribution in [2.75, 3.05) is 0 Å². The maximum atomic E-state index is 6.47. The van der Waals surface area contributed by atoms with Crippen LogP contribution in [0.2, 0.25) is 0 Å². The zero-order valence-corrected chi connectivity index (χ0v) is 29.5. The smallest absolute Gasteiger partial charge is 0.164 e. The summed E-state index contributed by atoms with van der Waals surface area (Å²) in [4.78, 5) is 25.5. The van der Waals surface area contributed by atoms with E-state index < -0.39 is 0 Å². The molecule has 3 aromatic heterocycles. The summed E-state index contributed by atoms with van der Waals surface area (Å²) in [7, 11) is 0. The Kier molecular flexibility index (Phi) is 8.04. The Bertz CT molecular complexity index is 2910. The molecule has 0 aliphatic carbocycles. The van der Waals surface area contributed by atoms with Gasteiger partial charge in [-0.25, -0.2) is 24.9 Å². The number of rotatable bonds is 7. The van der Waals surface area contributed by atoms with Crippen LogP contribution in [-0.2, 0) is 0 Å². The van der Waals surface area contributed by atoms with Crippen LogP contribution in [0.5, 0.6) is 0 Å². The summed E-state index contributed by atoms with van der Waals surface area (Å²) in [6, 6.07) is 63.4. The molecule has 0 amide bonds. The highest BCUT2D eigenvalue weighted by atomic mass is 16.3. The van der Waals surface area contributed by atoms with Crippen molar-refractivity contribution < 1.29 is 4.42 Å². The van der Waals surface area contributed by atoms with E-state index in [2.05, 4.69) is 66.7 Å². The van der Waals surface area contributed by atoms with Gasteiger partial charge in [0.25, 0.3) is 0 Å². The fourth-order valence-electron chi connectivity index (χ4n) is 7.05. The van der Waals surface area contributed by atoms with Gasteiger partial charge < -0.3 is 4.42 Å². The Hall–Kier alpha value is -7.57. The number of aromatic nitrogens is 5. The van der Waals surface area contributed by atoms with E-state index in [0.29, 0.717) is 23.3 Å². The summed E-state index contributed by atoms with van der Waals surface area (Å²) in [5.74, 6) is 2.37. The topological polar surface area (TPSA) is 77.6 Å². The molecular weight excluding hydrogens is 675 g/mol. The second kappa shape index (κ2) is 13.8. The van der Waals surface area contributed by atoms with E-state index in [4.69, 9.17) is 29.3 Å². The molecule has 10 aromatic rings. The van der Waals surface area contributed by atoms with Gasteiger partial charge in [-0.2, -0.15) is 0 Å². The molecule has 0 fully saturated rings. The van der Waals surface area contributed by atoms with Gasteiger partial charge in [-0.1, -0.05) is 152 Å². The fourth-order valence-corrected chi connectivity index (χ4v) is 7.05. The van der Waals surface area contributed by atoms with Crippen molar-refractivity contribution in [1.29, 1.82) is 0 Å². The molecule has 10 rings (SSSR count). The lowest BCUT2D eigenvalue weighted by Gasteiger charge is -2.11. The predicted octanol–water partition coefficient (Wildman–Crippen LogP) is 12.2. The third-order valence-corrected chi connectivity index (χ3v) is 9.75. The second-order valence-corrected chi connectivity index (χ2v) is 13.3. The third-order valence-electron chi connectivity index (χ3n) is 9.75. The lowest BCUT2D eigenvalue weighted by Crippen LogP contribution is -2.00. The van der Waals surface area contributed by atoms with Crippen LogP contribution in [0.25, 0.3) is 101 Å². The Labute approximate surface area is 317 Å². The van der Waals surface area contributed by atoms with Gasteiger partial charge in [0.1, 0.15) is 11.2 Å². The first-order valence-electron chi connectivity index (χ1n) is 18.2.